The van der Waals surface area contributed by atoms with Crippen LogP contribution in [-0.4, -0.2) is 35.1 Å². The Bertz CT molecular complexity index is 216. The molecule has 0 atom stereocenters. The number of carboxylic acid groups (broad SMARTS) is 1. The molecule has 1 aliphatic rings. The second-order valence-electron chi connectivity index (χ2n) is 5.72. The van der Waals surface area contributed by atoms with Crippen LogP contribution >= 0.6 is 0 Å². The van der Waals surface area contributed by atoms with Gasteiger partial charge in [-0.15, -0.1) is 0 Å². The minimum Gasteiger partial charge on any atom is -0.481 e. The summed E-state index contributed by atoms with van der Waals surface area (Å²) in [6.07, 6.45) is 3.93. The van der Waals surface area contributed by atoms with Crippen molar-refractivity contribution in [3.05, 3.63) is 0 Å². The van der Waals surface area contributed by atoms with Crippen molar-refractivity contribution in [2.45, 2.75) is 52.5 Å². The molecule has 0 aliphatic heterocycles. The predicted molar refractivity (Wildman–Crippen MR) is 60.9 cm³/mol. The lowest BCUT2D eigenvalue weighted by atomic mass is 9.92. The molecule has 3 nitrogen and oxygen atoms in total. The summed E-state index contributed by atoms with van der Waals surface area (Å²) in [6.45, 7) is 8.46. The number of carboxylic acids is 1. The molecule has 0 bridgehead atoms. The minimum absolute atomic E-state index is 0.278. The van der Waals surface area contributed by atoms with E-state index in [0.717, 1.165) is 19.5 Å². The second kappa shape index (κ2) is 4.97. The number of nitrogens with zero attached hydrogens (tertiary/aromatic N) is 1. The van der Waals surface area contributed by atoms with Crippen LogP contribution in [-0.2, 0) is 4.79 Å². The average Bonchev–Trinajstić information content (AvgIpc) is 2.85. The molecule has 1 aliphatic carbocycles. The van der Waals surface area contributed by atoms with Gasteiger partial charge in [-0.1, -0.05) is 20.8 Å². The van der Waals surface area contributed by atoms with Gasteiger partial charge in [0.25, 0.3) is 0 Å². The first-order valence-corrected chi connectivity index (χ1v) is 5.84. The van der Waals surface area contributed by atoms with Crippen LogP contribution in [0.15, 0.2) is 0 Å². The summed E-state index contributed by atoms with van der Waals surface area (Å²) in [5.41, 5.74) is 0.344. The quantitative estimate of drug-likeness (QED) is 0.736. The highest BCUT2D eigenvalue weighted by molar-refractivity contribution is 5.66. The van der Waals surface area contributed by atoms with E-state index in [-0.39, 0.29) is 6.42 Å². The molecule has 0 spiro atoms. The Hall–Kier alpha value is -0.570. The van der Waals surface area contributed by atoms with Gasteiger partial charge in [0.05, 0.1) is 6.42 Å². The van der Waals surface area contributed by atoms with E-state index in [4.69, 9.17) is 5.11 Å². The molecule has 0 aromatic carbocycles. The Balaban J connectivity index is 2.27. The van der Waals surface area contributed by atoms with Crippen molar-refractivity contribution in [2.75, 3.05) is 13.1 Å². The molecule has 1 N–H and O–H groups in total. The van der Waals surface area contributed by atoms with Gasteiger partial charge in [-0.3, -0.25) is 9.69 Å². The Labute approximate surface area is 92.5 Å². The first-order chi connectivity index (χ1) is 6.88. The van der Waals surface area contributed by atoms with Crippen molar-refractivity contribution < 1.29 is 9.90 Å². The summed E-state index contributed by atoms with van der Waals surface area (Å²) >= 11 is 0. The summed E-state index contributed by atoms with van der Waals surface area (Å²) in [4.78, 5) is 12.9. The van der Waals surface area contributed by atoms with Crippen molar-refractivity contribution in [3.8, 4) is 0 Å². The number of rotatable bonds is 6. The summed E-state index contributed by atoms with van der Waals surface area (Å²) in [6, 6.07) is 0.673. The average molecular weight is 213 g/mol. The Morgan fingerprint density at radius 3 is 2.33 bits per heavy atom. The van der Waals surface area contributed by atoms with Crippen LogP contribution in [0.4, 0.5) is 0 Å². The predicted octanol–water partition coefficient (Wildman–Crippen LogP) is 2.36. The van der Waals surface area contributed by atoms with E-state index in [0.29, 0.717) is 11.5 Å². The highest BCUT2D eigenvalue weighted by Gasteiger charge is 2.29. The summed E-state index contributed by atoms with van der Waals surface area (Å²) < 4.78 is 0. The maximum atomic E-state index is 10.5. The van der Waals surface area contributed by atoms with Gasteiger partial charge in [-0.2, -0.15) is 0 Å². The monoisotopic (exact) mass is 213 g/mol. The van der Waals surface area contributed by atoms with E-state index in [9.17, 15) is 4.79 Å². The van der Waals surface area contributed by atoms with Crippen molar-refractivity contribution in [1.29, 1.82) is 0 Å². The van der Waals surface area contributed by atoms with Gasteiger partial charge in [0.15, 0.2) is 0 Å². The molecule has 0 unspecified atom stereocenters. The van der Waals surface area contributed by atoms with Gasteiger partial charge in [0, 0.05) is 12.6 Å². The zero-order valence-electron chi connectivity index (χ0n) is 10.1. The molecule has 0 saturated heterocycles. The Morgan fingerprint density at radius 1 is 1.33 bits per heavy atom. The van der Waals surface area contributed by atoms with Crippen LogP contribution in [0.5, 0.6) is 0 Å². The Kier molecular flexibility index (Phi) is 4.14. The molecule has 0 aromatic heterocycles. The normalized spacial score (nSPS) is 17.1. The molecule has 1 rings (SSSR count). The molecule has 0 aromatic rings. The number of hydrogen-bond donors (Lipinski definition) is 1. The smallest absolute Gasteiger partial charge is 0.304 e. The van der Waals surface area contributed by atoms with Crippen LogP contribution in [0.1, 0.15) is 46.5 Å². The standard InChI is InChI=1S/C12H23NO2/c1-12(2,3)7-9-13(10-4-5-10)8-6-11(14)15/h10H,4-9H2,1-3H3,(H,14,15). The third-order valence-electron chi connectivity index (χ3n) is 2.83. The zero-order chi connectivity index (χ0) is 11.5. The van der Waals surface area contributed by atoms with Crippen LogP contribution < -0.4 is 0 Å². The lowest BCUT2D eigenvalue weighted by Gasteiger charge is -2.26. The third-order valence-corrected chi connectivity index (χ3v) is 2.83. The van der Waals surface area contributed by atoms with Gasteiger partial charge < -0.3 is 5.11 Å². The first kappa shape index (κ1) is 12.5. The van der Waals surface area contributed by atoms with E-state index in [1.165, 1.54) is 12.8 Å². The van der Waals surface area contributed by atoms with Crippen molar-refractivity contribution >= 4 is 5.97 Å². The highest BCUT2D eigenvalue weighted by atomic mass is 16.4. The van der Waals surface area contributed by atoms with Crippen LogP contribution in [0.2, 0.25) is 0 Å². The largest absolute Gasteiger partial charge is 0.481 e. The van der Waals surface area contributed by atoms with Gasteiger partial charge >= 0.3 is 5.97 Å². The third kappa shape index (κ3) is 5.78. The van der Waals surface area contributed by atoms with Crippen molar-refractivity contribution in [1.82, 2.24) is 4.90 Å². The fraction of sp³-hybridized carbons (Fsp3) is 0.917. The van der Waals surface area contributed by atoms with E-state index in [2.05, 4.69) is 25.7 Å². The van der Waals surface area contributed by atoms with Gasteiger partial charge in [-0.05, 0) is 31.2 Å². The van der Waals surface area contributed by atoms with E-state index >= 15 is 0 Å². The number of hydrogen-bond acceptors (Lipinski definition) is 2. The highest BCUT2D eigenvalue weighted by Crippen LogP contribution is 2.29. The molecule has 3 heteroatoms. The molecule has 15 heavy (non-hydrogen) atoms. The topological polar surface area (TPSA) is 40.5 Å². The fourth-order valence-electron chi connectivity index (χ4n) is 1.63. The van der Waals surface area contributed by atoms with Crippen LogP contribution in [0.3, 0.4) is 0 Å². The molecular formula is C12H23NO2. The molecule has 1 saturated carbocycles. The van der Waals surface area contributed by atoms with Crippen LogP contribution in [0.25, 0.3) is 0 Å². The van der Waals surface area contributed by atoms with Crippen LogP contribution in [0, 0.1) is 5.41 Å². The summed E-state index contributed by atoms with van der Waals surface area (Å²) in [5, 5.41) is 8.67. The molecule has 0 amide bonds. The number of aliphatic carboxylic acids is 1. The second-order valence-corrected chi connectivity index (χ2v) is 5.72. The SMILES string of the molecule is CC(C)(C)CCN(CCC(=O)O)C1CC1. The van der Waals surface area contributed by atoms with Crippen molar-refractivity contribution in [2.24, 2.45) is 5.41 Å². The van der Waals surface area contributed by atoms with E-state index in [1.54, 1.807) is 0 Å². The van der Waals surface area contributed by atoms with E-state index < -0.39 is 5.97 Å². The Morgan fingerprint density at radius 2 is 1.93 bits per heavy atom. The van der Waals surface area contributed by atoms with Gasteiger partial charge in [0.1, 0.15) is 0 Å². The first-order valence-electron chi connectivity index (χ1n) is 5.84. The molecule has 88 valence electrons. The molecule has 0 radical (unpaired) electrons. The van der Waals surface area contributed by atoms with Gasteiger partial charge in [0.2, 0.25) is 0 Å². The lowest BCUT2D eigenvalue weighted by Crippen LogP contribution is -2.31. The van der Waals surface area contributed by atoms with Crippen molar-refractivity contribution in [3.63, 3.8) is 0 Å². The zero-order valence-corrected chi connectivity index (χ0v) is 10.1. The fourth-order valence-corrected chi connectivity index (χ4v) is 1.63. The molecule has 0 heterocycles. The van der Waals surface area contributed by atoms with Gasteiger partial charge in [-0.25, -0.2) is 0 Å². The summed E-state index contributed by atoms with van der Waals surface area (Å²) in [7, 11) is 0. The lowest BCUT2D eigenvalue weighted by molar-refractivity contribution is -0.137. The van der Waals surface area contributed by atoms with E-state index in [1.807, 2.05) is 0 Å². The minimum atomic E-state index is -0.684. The molecular weight excluding hydrogens is 190 g/mol. The molecule has 1 fully saturated rings. The summed E-state index contributed by atoms with van der Waals surface area (Å²) in [5.74, 6) is -0.684. The maximum absolute atomic E-state index is 10.5. The maximum Gasteiger partial charge on any atom is 0.304 e. The number of carbonyl (C=O) groups is 1.